The number of benzene rings is 2. The highest BCUT2D eigenvalue weighted by atomic mass is 16.6. The summed E-state index contributed by atoms with van der Waals surface area (Å²) in [5.74, 6) is -1.48. The zero-order valence-electron chi connectivity index (χ0n) is 30.6. The lowest BCUT2D eigenvalue weighted by Gasteiger charge is -2.29. The zero-order valence-corrected chi connectivity index (χ0v) is 30.6. The fraction of sp³-hybridized carbons (Fsp3) is 0.459. The predicted molar refractivity (Wildman–Crippen MR) is 190 cm³/mol. The summed E-state index contributed by atoms with van der Waals surface area (Å²) in [6, 6.07) is 13.3. The third kappa shape index (κ3) is 10.5. The first-order valence-electron chi connectivity index (χ1n) is 16.9. The molecule has 0 aliphatic carbocycles. The standard InChI is InChI=1S/C37H48N6O9/c1-36(2,3)52-35(48)41-37(4,5)34(47)39-27(22-51-21-24-12-9-8-10-13-24)31(44)40-29-20-42(23-38-29)30(25-15-17-26(49-6)18-16-25)32(45)43-19-11-14-28(43)33(46)50-7/h8-10,12-13,15-18,20,23,27-28,30H,11,14,19,21-22H2,1-7H3,(H,39,47)(H,40,44)(H,41,48)/t27-,28-,30?/m1/s1. The minimum Gasteiger partial charge on any atom is -0.497 e. The van der Waals surface area contributed by atoms with Crippen LogP contribution in [0.4, 0.5) is 10.6 Å². The first-order chi connectivity index (χ1) is 24.6. The first-order valence-corrected chi connectivity index (χ1v) is 16.9. The van der Waals surface area contributed by atoms with Gasteiger partial charge in [-0.25, -0.2) is 14.6 Å². The van der Waals surface area contributed by atoms with Crippen LogP contribution < -0.4 is 20.7 Å². The maximum atomic E-state index is 14.1. The largest absolute Gasteiger partial charge is 0.497 e. The summed E-state index contributed by atoms with van der Waals surface area (Å²) in [5, 5.41) is 7.93. The van der Waals surface area contributed by atoms with Crippen LogP contribution in [0.2, 0.25) is 0 Å². The second-order valence-corrected chi connectivity index (χ2v) is 13.9. The maximum absolute atomic E-state index is 14.1. The lowest BCUT2D eigenvalue weighted by atomic mass is 10.0. The van der Waals surface area contributed by atoms with E-state index in [-0.39, 0.29) is 24.9 Å². The quantitative estimate of drug-likeness (QED) is 0.209. The van der Waals surface area contributed by atoms with Crippen molar-refractivity contribution in [2.24, 2.45) is 0 Å². The number of methoxy groups -OCH3 is 2. The van der Waals surface area contributed by atoms with E-state index in [1.54, 1.807) is 49.6 Å². The van der Waals surface area contributed by atoms with E-state index in [2.05, 4.69) is 20.9 Å². The summed E-state index contributed by atoms with van der Waals surface area (Å²) in [5.41, 5.74) is -0.802. The predicted octanol–water partition coefficient (Wildman–Crippen LogP) is 3.59. The summed E-state index contributed by atoms with van der Waals surface area (Å²) in [6.45, 7) is 8.39. The number of nitrogens with one attached hydrogen (secondary N) is 3. The van der Waals surface area contributed by atoms with Gasteiger partial charge in [0.2, 0.25) is 5.91 Å². The molecule has 2 aromatic carbocycles. The Kier molecular flexibility index (Phi) is 13.0. The van der Waals surface area contributed by atoms with Gasteiger partial charge >= 0.3 is 12.1 Å². The number of imidazole rings is 1. The highest BCUT2D eigenvalue weighted by Crippen LogP contribution is 2.29. The van der Waals surface area contributed by atoms with Crippen LogP contribution in [0.25, 0.3) is 0 Å². The highest BCUT2D eigenvalue weighted by molar-refractivity contribution is 5.98. The van der Waals surface area contributed by atoms with Crippen molar-refractivity contribution in [3.63, 3.8) is 0 Å². The van der Waals surface area contributed by atoms with Crippen molar-refractivity contribution in [3.05, 3.63) is 78.2 Å². The first kappa shape index (κ1) is 39.3. The molecule has 52 heavy (non-hydrogen) atoms. The third-order valence-electron chi connectivity index (χ3n) is 8.22. The second kappa shape index (κ2) is 17.2. The fourth-order valence-electron chi connectivity index (χ4n) is 5.56. The van der Waals surface area contributed by atoms with Gasteiger partial charge in [-0.15, -0.1) is 0 Å². The monoisotopic (exact) mass is 720 g/mol. The summed E-state index contributed by atoms with van der Waals surface area (Å²) in [4.78, 5) is 72.1. The second-order valence-electron chi connectivity index (χ2n) is 13.9. The average molecular weight is 721 g/mol. The van der Waals surface area contributed by atoms with Gasteiger partial charge in [-0.1, -0.05) is 42.5 Å². The van der Waals surface area contributed by atoms with Crippen molar-refractivity contribution in [2.75, 3.05) is 32.7 Å². The van der Waals surface area contributed by atoms with Crippen molar-refractivity contribution in [1.82, 2.24) is 25.1 Å². The molecule has 1 saturated heterocycles. The molecule has 0 saturated carbocycles. The van der Waals surface area contributed by atoms with Crippen LogP contribution in [0.5, 0.6) is 5.75 Å². The molecule has 2 heterocycles. The molecular formula is C37H48N6O9. The molecule has 1 aliphatic heterocycles. The minimum absolute atomic E-state index is 0.0932. The van der Waals surface area contributed by atoms with Crippen molar-refractivity contribution in [3.8, 4) is 5.75 Å². The number of amides is 4. The number of rotatable bonds is 14. The Balaban J connectivity index is 1.56. The molecule has 0 spiro atoms. The molecule has 1 unspecified atom stereocenters. The number of esters is 1. The van der Waals surface area contributed by atoms with E-state index in [1.165, 1.54) is 45.5 Å². The van der Waals surface area contributed by atoms with Gasteiger partial charge in [-0.05, 0) is 70.7 Å². The number of alkyl carbamates (subject to hydrolysis) is 1. The Morgan fingerprint density at radius 3 is 2.29 bits per heavy atom. The SMILES string of the molecule is COC(=O)[C@H]1CCCN1C(=O)C(c1ccc(OC)cc1)n1cnc(NC(=O)[C@@H](COCc2ccccc2)NC(=O)C(C)(C)NC(=O)OC(C)(C)C)c1. The molecule has 3 N–H and O–H groups in total. The molecule has 0 bridgehead atoms. The van der Waals surface area contributed by atoms with E-state index in [1.807, 2.05) is 30.3 Å². The molecule has 1 fully saturated rings. The summed E-state index contributed by atoms with van der Waals surface area (Å²) in [7, 11) is 2.82. The van der Waals surface area contributed by atoms with Crippen LogP contribution in [0.15, 0.2) is 67.1 Å². The molecule has 280 valence electrons. The average Bonchev–Trinajstić information content (AvgIpc) is 3.77. The summed E-state index contributed by atoms with van der Waals surface area (Å²) < 4.78 is 22.9. The van der Waals surface area contributed by atoms with Gasteiger partial charge in [0.1, 0.15) is 35.0 Å². The highest BCUT2D eigenvalue weighted by Gasteiger charge is 2.39. The van der Waals surface area contributed by atoms with Gasteiger partial charge in [0.25, 0.3) is 11.8 Å². The van der Waals surface area contributed by atoms with Gasteiger partial charge in [0.05, 0.1) is 33.8 Å². The van der Waals surface area contributed by atoms with Crippen molar-refractivity contribution in [1.29, 1.82) is 0 Å². The molecule has 0 radical (unpaired) electrons. The number of likely N-dealkylation sites (tertiary alicyclic amines) is 1. The van der Waals surface area contributed by atoms with E-state index >= 15 is 0 Å². The number of ether oxygens (including phenoxy) is 4. The van der Waals surface area contributed by atoms with Crippen molar-refractivity contribution < 1.29 is 42.9 Å². The van der Waals surface area contributed by atoms with E-state index in [0.29, 0.717) is 30.7 Å². The Hall–Kier alpha value is -5.44. The van der Waals surface area contributed by atoms with Crippen LogP contribution in [-0.2, 0) is 40.0 Å². The number of carbonyl (C=O) groups excluding carboxylic acids is 5. The van der Waals surface area contributed by atoms with E-state index < -0.39 is 53.1 Å². The smallest absolute Gasteiger partial charge is 0.408 e. The summed E-state index contributed by atoms with van der Waals surface area (Å²) in [6.07, 6.45) is 3.20. The lowest BCUT2D eigenvalue weighted by molar-refractivity contribution is -0.151. The number of carbonyl (C=O) groups is 5. The normalized spacial score (nSPS) is 15.6. The molecule has 15 nitrogen and oxygen atoms in total. The molecule has 3 aromatic rings. The minimum atomic E-state index is -1.47. The zero-order chi connectivity index (χ0) is 38.1. The molecule has 15 heteroatoms. The molecule has 4 rings (SSSR count). The molecular weight excluding hydrogens is 672 g/mol. The molecule has 1 aliphatic rings. The van der Waals surface area contributed by atoms with Gasteiger partial charge in [-0.2, -0.15) is 0 Å². The number of hydrogen-bond donors (Lipinski definition) is 3. The number of anilines is 1. The van der Waals surface area contributed by atoms with Gasteiger partial charge in [-0.3, -0.25) is 14.4 Å². The van der Waals surface area contributed by atoms with Gasteiger partial charge in [0.15, 0.2) is 5.82 Å². The Labute approximate surface area is 303 Å². The molecule has 1 aromatic heterocycles. The number of hydrogen-bond acceptors (Lipinski definition) is 10. The maximum Gasteiger partial charge on any atom is 0.408 e. The van der Waals surface area contributed by atoms with E-state index in [0.717, 1.165) is 5.56 Å². The Bertz CT molecular complexity index is 1700. The van der Waals surface area contributed by atoms with E-state index in [4.69, 9.17) is 18.9 Å². The lowest BCUT2D eigenvalue weighted by Crippen LogP contribution is -2.59. The topological polar surface area (TPSA) is 179 Å². The van der Waals surface area contributed by atoms with Gasteiger partial charge in [0, 0.05) is 12.7 Å². The van der Waals surface area contributed by atoms with Crippen LogP contribution in [-0.4, -0.2) is 94.8 Å². The van der Waals surface area contributed by atoms with Crippen molar-refractivity contribution in [2.45, 2.75) is 83.3 Å². The van der Waals surface area contributed by atoms with Crippen molar-refractivity contribution >= 4 is 35.6 Å². The van der Waals surface area contributed by atoms with E-state index in [9.17, 15) is 24.0 Å². The number of nitrogens with zero attached hydrogens (tertiary/aromatic N) is 3. The van der Waals surface area contributed by atoms with Crippen LogP contribution in [0.3, 0.4) is 0 Å². The Morgan fingerprint density at radius 1 is 0.962 bits per heavy atom. The van der Waals surface area contributed by atoms with Crippen LogP contribution in [0, 0.1) is 0 Å². The fourth-order valence-corrected chi connectivity index (χ4v) is 5.56. The number of aromatic nitrogens is 2. The van der Waals surface area contributed by atoms with Crippen LogP contribution >= 0.6 is 0 Å². The third-order valence-corrected chi connectivity index (χ3v) is 8.22. The Morgan fingerprint density at radius 2 is 1.65 bits per heavy atom. The molecule has 4 amide bonds. The van der Waals surface area contributed by atoms with Crippen LogP contribution in [0.1, 0.15) is 64.6 Å². The van der Waals surface area contributed by atoms with Gasteiger partial charge < -0.3 is 44.4 Å². The molecule has 3 atom stereocenters. The summed E-state index contributed by atoms with van der Waals surface area (Å²) >= 11 is 0.